The topological polar surface area (TPSA) is 0 Å². The van der Waals surface area contributed by atoms with Crippen LogP contribution in [0.5, 0.6) is 0 Å². The molecule has 0 bridgehead atoms. The molecule has 4 aromatic rings. The van der Waals surface area contributed by atoms with Gasteiger partial charge in [-0.05, 0) is 103 Å². The summed E-state index contributed by atoms with van der Waals surface area (Å²) in [5.74, 6) is 1.22. The molecule has 4 aromatic carbocycles. The molecule has 0 unspecified atom stereocenters. The van der Waals surface area contributed by atoms with Crippen LogP contribution < -0.4 is 10.4 Å². The van der Waals surface area contributed by atoms with Gasteiger partial charge in [0.1, 0.15) is 0 Å². The van der Waals surface area contributed by atoms with Crippen molar-refractivity contribution >= 4 is 26.5 Å². The third-order valence-electron chi connectivity index (χ3n) is 12.3. The third-order valence-corrected chi connectivity index (χ3v) is 16.4. The van der Waals surface area contributed by atoms with Crippen LogP contribution in [-0.2, 0) is 32.5 Å². The standard InChI is InChI=1S/C18H30.C16H30Si2.C16H26.C12H18/c2*1-16(2,3)13-10-14(17(4,5)6)12-15(11-13)18(7,8)9;1-11(2)13-8-14(12(3)4)10-15(9-13)16(5,6)7;1-9-6-10(2)8-11(7-9)12(3,4)5/h2*10-12H,1-9H3;8-12H,1-7H3;6-8H,1-5H3. The lowest BCUT2D eigenvalue weighted by molar-refractivity contribution is 0.548. The van der Waals surface area contributed by atoms with E-state index in [1.807, 2.05) is 0 Å². The zero-order valence-corrected chi connectivity index (χ0v) is 50.1. The monoisotopic (exact) mass is 905 g/mol. The van der Waals surface area contributed by atoms with Crippen LogP contribution in [0, 0.1) is 13.8 Å². The van der Waals surface area contributed by atoms with Crippen LogP contribution >= 0.6 is 0 Å². The second kappa shape index (κ2) is 21.5. The molecule has 0 N–H and O–H groups in total. The number of rotatable bonds is 4. The molecule has 2 heteroatoms. The Morgan fingerprint density at radius 2 is 0.500 bits per heavy atom. The number of hydrogen-bond acceptors (Lipinski definition) is 0. The summed E-state index contributed by atoms with van der Waals surface area (Å²) in [6, 6.07) is 28.5. The van der Waals surface area contributed by atoms with Gasteiger partial charge in [0.05, 0.1) is 16.1 Å². The van der Waals surface area contributed by atoms with Gasteiger partial charge in [-0.1, -0.05) is 286 Å². The molecule has 0 saturated heterocycles. The zero-order valence-electron chi connectivity index (χ0n) is 48.1. The van der Waals surface area contributed by atoms with Crippen molar-refractivity contribution in [1.82, 2.24) is 0 Å². The average Bonchev–Trinajstić information content (AvgIpc) is 3.08. The van der Waals surface area contributed by atoms with E-state index in [9.17, 15) is 0 Å². The largest absolute Gasteiger partial charge is 0.0776 e. The van der Waals surface area contributed by atoms with E-state index in [-0.39, 0.29) is 32.5 Å². The molecule has 0 aromatic heterocycles. The first-order chi connectivity index (χ1) is 28.2. The fourth-order valence-electron chi connectivity index (χ4n) is 7.04. The maximum absolute atomic E-state index is 2.51. The minimum atomic E-state index is -1.23. The van der Waals surface area contributed by atoms with Gasteiger partial charge in [-0.2, -0.15) is 0 Å². The summed E-state index contributed by atoms with van der Waals surface area (Å²) >= 11 is 0. The van der Waals surface area contributed by atoms with E-state index in [0.29, 0.717) is 11.8 Å². The second-order valence-corrected chi connectivity index (χ2v) is 38.3. The molecule has 4 rings (SSSR count). The quantitative estimate of drug-likeness (QED) is 0.179. The minimum Gasteiger partial charge on any atom is -0.0656 e. The van der Waals surface area contributed by atoms with E-state index >= 15 is 0 Å². The number of benzene rings is 4. The fourth-order valence-corrected chi connectivity index (χ4v) is 9.54. The van der Waals surface area contributed by atoms with Gasteiger partial charge in [-0.25, -0.2) is 0 Å². The molecule has 0 fully saturated rings. The zero-order chi connectivity index (χ0) is 50.6. The Labute approximate surface area is 402 Å². The van der Waals surface area contributed by atoms with E-state index in [1.165, 1.54) is 55.6 Å². The Bertz CT molecular complexity index is 1790. The second-order valence-electron chi connectivity index (χ2n) is 28.2. The maximum atomic E-state index is 2.51. The van der Waals surface area contributed by atoms with Gasteiger partial charge in [-0.15, -0.1) is 0 Å². The van der Waals surface area contributed by atoms with Gasteiger partial charge >= 0.3 is 0 Å². The van der Waals surface area contributed by atoms with Crippen molar-refractivity contribution < 1.29 is 0 Å². The van der Waals surface area contributed by atoms with E-state index in [1.54, 1.807) is 10.4 Å². The minimum absolute atomic E-state index is 0.210. The first-order valence-corrected chi connectivity index (χ1v) is 31.8. The summed E-state index contributed by atoms with van der Waals surface area (Å²) in [7, 11) is -2.46. The SMILES string of the molecule is CC(C)(C)c1cc(C(C)(C)C)cc(C(C)(C)C)c1.CC(C)(C)c1cc([Si](C)(C)C)cc([Si](C)(C)C)c1.CC(C)c1cc(C(C)C)cc(C(C)(C)C)c1.Cc1cc(C)cc(C(C)(C)C)c1. The van der Waals surface area contributed by atoms with Crippen molar-refractivity contribution in [1.29, 1.82) is 0 Å². The highest BCUT2D eigenvalue weighted by molar-refractivity contribution is 6.91. The molecule has 0 aliphatic rings. The van der Waals surface area contributed by atoms with Gasteiger partial charge in [-0.3, -0.25) is 0 Å². The lowest BCUT2D eigenvalue weighted by Crippen LogP contribution is -2.46. The Kier molecular flexibility index (Phi) is 19.9. The normalized spacial score (nSPS) is 13.1. The number of aryl methyl sites for hydroxylation is 2. The molecule has 0 aliphatic heterocycles. The average molecular weight is 906 g/mol. The Balaban J connectivity index is 0.000000431. The van der Waals surface area contributed by atoms with Crippen molar-refractivity contribution in [3.8, 4) is 0 Å². The molecule has 360 valence electrons. The highest BCUT2D eigenvalue weighted by atomic mass is 28.3. The summed E-state index contributed by atoms with van der Waals surface area (Å²) in [6.45, 7) is 69.3. The Morgan fingerprint density at radius 3 is 0.719 bits per heavy atom. The van der Waals surface area contributed by atoms with Crippen LogP contribution in [0.1, 0.15) is 220 Å². The van der Waals surface area contributed by atoms with Crippen LogP contribution in [-0.4, -0.2) is 16.1 Å². The van der Waals surface area contributed by atoms with Gasteiger partial charge in [0.15, 0.2) is 0 Å². The summed E-state index contributed by atoms with van der Waals surface area (Å²) in [5.41, 5.74) is 15.8. The predicted octanol–water partition coefficient (Wildman–Crippen LogP) is 18.5. The first-order valence-electron chi connectivity index (χ1n) is 24.8. The molecule has 0 heterocycles. The van der Waals surface area contributed by atoms with Crippen molar-refractivity contribution in [2.45, 2.75) is 250 Å². The van der Waals surface area contributed by atoms with Gasteiger partial charge in [0.2, 0.25) is 0 Å². The van der Waals surface area contributed by atoms with Crippen molar-refractivity contribution in [3.63, 3.8) is 0 Å². The molecule has 0 saturated carbocycles. The van der Waals surface area contributed by atoms with Crippen LogP contribution in [0.4, 0.5) is 0 Å². The summed E-state index contributed by atoms with van der Waals surface area (Å²) in [5, 5.41) is 3.24. The van der Waals surface area contributed by atoms with Crippen molar-refractivity contribution in [3.05, 3.63) is 128 Å². The van der Waals surface area contributed by atoms with Crippen LogP contribution in [0.15, 0.2) is 72.8 Å². The van der Waals surface area contributed by atoms with Crippen molar-refractivity contribution in [2.75, 3.05) is 0 Å². The first kappa shape index (κ1) is 59.3. The lowest BCUT2D eigenvalue weighted by Gasteiger charge is -2.29. The molecule has 0 amide bonds. The highest BCUT2D eigenvalue weighted by Gasteiger charge is 2.27. The number of hydrogen-bond donors (Lipinski definition) is 0. The van der Waals surface area contributed by atoms with E-state index < -0.39 is 16.1 Å². The van der Waals surface area contributed by atoms with E-state index in [0.717, 1.165) is 0 Å². The molecule has 0 aliphatic carbocycles. The molecule has 0 radical (unpaired) electrons. The molecule has 0 atom stereocenters. The van der Waals surface area contributed by atoms with Crippen LogP contribution in [0.3, 0.4) is 0 Å². The predicted molar refractivity (Wildman–Crippen MR) is 302 cm³/mol. The van der Waals surface area contributed by atoms with Gasteiger partial charge in [0, 0.05) is 0 Å². The molecule has 64 heavy (non-hydrogen) atoms. The van der Waals surface area contributed by atoms with Gasteiger partial charge < -0.3 is 0 Å². The molecular weight excluding hydrogens is 801 g/mol. The lowest BCUT2D eigenvalue weighted by atomic mass is 9.76. The van der Waals surface area contributed by atoms with Crippen LogP contribution in [0.25, 0.3) is 0 Å². The van der Waals surface area contributed by atoms with E-state index in [2.05, 4.69) is 278 Å². The smallest absolute Gasteiger partial charge is 0.0656 e. The summed E-state index contributed by atoms with van der Waals surface area (Å²) < 4.78 is 0. The maximum Gasteiger partial charge on any atom is 0.0776 e. The molecular formula is C62H104Si2. The highest BCUT2D eigenvalue weighted by Crippen LogP contribution is 2.35. The molecule has 0 nitrogen and oxygen atoms in total. The summed E-state index contributed by atoms with van der Waals surface area (Å²) in [4.78, 5) is 0. The summed E-state index contributed by atoms with van der Waals surface area (Å²) in [6.07, 6.45) is 0. The third kappa shape index (κ3) is 19.6. The Morgan fingerprint density at radius 1 is 0.281 bits per heavy atom. The van der Waals surface area contributed by atoms with Crippen molar-refractivity contribution in [2.24, 2.45) is 0 Å². The fraction of sp³-hybridized carbons (Fsp3) is 0.613. The molecule has 0 spiro atoms. The Hall–Kier alpha value is -2.69. The van der Waals surface area contributed by atoms with E-state index in [4.69, 9.17) is 0 Å². The van der Waals surface area contributed by atoms with Gasteiger partial charge in [0.25, 0.3) is 0 Å². The van der Waals surface area contributed by atoms with Crippen LogP contribution in [0.2, 0.25) is 39.3 Å².